The normalized spacial score (nSPS) is 25.0. The van der Waals surface area contributed by atoms with Crippen LogP contribution >= 0.6 is 0 Å². The molecule has 0 fully saturated rings. The average molecular weight is 202 g/mol. The van der Waals surface area contributed by atoms with Gasteiger partial charge in [0.05, 0.1) is 11.9 Å². The van der Waals surface area contributed by atoms with E-state index in [4.69, 9.17) is 0 Å². The van der Waals surface area contributed by atoms with Crippen molar-refractivity contribution >= 4 is 0 Å². The maximum Gasteiger partial charge on any atom is 0.0985 e. The van der Waals surface area contributed by atoms with E-state index in [0.29, 0.717) is 6.42 Å². The molecule has 0 aromatic heterocycles. The smallest absolute Gasteiger partial charge is 0.0985 e. The van der Waals surface area contributed by atoms with Gasteiger partial charge in [-0.3, -0.25) is 0 Å². The quantitative estimate of drug-likeness (QED) is 0.772. The Labute approximate surface area is 89.2 Å². The topological polar surface area (TPSA) is 40.5 Å². The zero-order chi connectivity index (χ0) is 10.7. The molecule has 1 aliphatic rings. The first-order valence-corrected chi connectivity index (χ1v) is 5.06. The zero-order valence-corrected chi connectivity index (χ0v) is 8.38. The van der Waals surface area contributed by atoms with Crippen LogP contribution in [0.15, 0.2) is 54.3 Å². The number of aliphatic hydroxyl groups excluding tert-OH is 2. The summed E-state index contributed by atoms with van der Waals surface area (Å²) in [6.07, 6.45) is 5.10. The average Bonchev–Trinajstić information content (AvgIpc) is 2.25. The number of hydrogen-bond donors (Lipinski definition) is 2. The number of aliphatic hydroxyl groups is 2. The molecule has 0 saturated carbocycles. The van der Waals surface area contributed by atoms with Gasteiger partial charge in [0.2, 0.25) is 0 Å². The minimum Gasteiger partial charge on any atom is -0.512 e. The van der Waals surface area contributed by atoms with Crippen LogP contribution in [0.1, 0.15) is 5.56 Å². The molecular weight excluding hydrogens is 188 g/mol. The van der Waals surface area contributed by atoms with Gasteiger partial charge < -0.3 is 10.2 Å². The first-order valence-electron chi connectivity index (χ1n) is 5.06. The van der Waals surface area contributed by atoms with Gasteiger partial charge >= 0.3 is 0 Å². The van der Waals surface area contributed by atoms with Crippen molar-refractivity contribution in [1.29, 1.82) is 0 Å². The summed E-state index contributed by atoms with van der Waals surface area (Å²) >= 11 is 0. The molecule has 0 bridgehead atoms. The van der Waals surface area contributed by atoms with Crippen LogP contribution in [0.4, 0.5) is 0 Å². The lowest BCUT2D eigenvalue weighted by molar-refractivity contribution is 0.138. The van der Waals surface area contributed by atoms with Gasteiger partial charge in [-0.25, -0.2) is 0 Å². The Bertz CT molecular complexity index is 379. The van der Waals surface area contributed by atoms with Crippen molar-refractivity contribution in [2.45, 2.75) is 12.5 Å². The van der Waals surface area contributed by atoms with Gasteiger partial charge in [-0.1, -0.05) is 42.5 Å². The molecule has 2 unspecified atom stereocenters. The maximum absolute atomic E-state index is 9.71. The highest BCUT2D eigenvalue weighted by Gasteiger charge is 2.23. The van der Waals surface area contributed by atoms with Gasteiger partial charge in [0.1, 0.15) is 0 Å². The molecule has 2 atom stereocenters. The lowest BCUT2D eigenvalue weighted by Crippen LogP contribution is -2.24. The lowest BCUT2D eigenvalue weighted by Gasteiger charge is -2.22. The van der Waals surface area contributed by atoms with Crippen LogP contribution in [0.2, 0.25) is 0 Å². The Hall–Kier alpha value is -1.54. The third kappa shape index (κ3) is 2.28. The summed E-state index contributed by atoms with van der Waals surface area (Å²) in [7, 11) is 0. The summed E-state index contributed by atoms with van der Waals surface area (Å²) in [5.74, 6) is 0.0475. The molecule has 0 amide bonds. The van der Waals surface area contributed by atoms with Crippen LogP contribution in [0.5, 0.6) is 0 Å². The molecule has 2 rings (SSSR count). The van der Waals surface area contributed by atoms with Crippen LogP contribution < -0.4 is 0 Å². The summed E-state index contributed by atoms with van der Waals surface area (Å²) in [5.41, 5.74) is 1.12. The van der Waals surface area contributed by atoms with Gasteiger partial charge in [-0.2, -0.15) is 0 Å². The molecule has 0 saturated heterocycles. The van der Waals surface area contributed by atoms with Crippen molar-refractivity contribution in [3.05, 3.63) is 59.9 Å². The summed E-state index contributed by atoms with van der Waals surface area (Å²) in [6, 6.07) is 9.87. The van der Waals surface area contributed by atoms with Crippen molar-refractivity contribution in [3.63, 3.8) is 0 Å². The third-order valence-corrected chi connectivity index (χ3v) is 2.67. The van der Waals surface area contributed by atoms with Crippen LogP contribution in [-0.2, 0) is 6.42 Å². The minimum atomic E-state index is -0.588. The van der Waals surface area contributed by atoms with Crippen molar-refractivity contribution in [3.8, 4) is 0 Å². The molecule has 0 radical (unpaired) electrons. The van der Waals surface area contributed by atoms with E-state index in [1.54, 1.807) is 18.2 Å². The number of allylic oxidation sites excluding steroid dienone is 2. The SMILES string of the molecule is OC1=CC=CC(O)C1Cc1ccccc1. The molecule has 0 aliphatic heterocycles. The second-order valence-corrected chi connectivity index (χ2v) is 3.76. The predicted octanol–water partition coefficient (Wildman–Crippen LogP) is 2.22. The van der Waals surface area contributed by atoms with Crippen LogP contribution in [0, 0.1) is 5.92 Å². The highest BCUT2D eigenvalue weighted by atomic mass is 16.3. The highest BCUT2D eigenvalue weighted by molar-refractivity contribution is 5.24. The Morgan fingerprint density at radius 3 is 2.53 bits per heavy atom. The van der Waals surface area contributed by atoms with E-state index in [1.165, 1.54) is 0 Å². The van der Waals surface area contributed by atoms with E-state index in [0.717, 1.165) is 5.56 Å². The standard InChI is InChI=1S/C13H14O2/c14-12-7-4-8-13(15)11(12)9-10-5-2-1-3-6-10/h1-8,11-12,14-15H,9H2. The highest BCUT2D eigenvalue weighted by Crippen LogP contribution is 2.23. The van der Waals surface area contributed by atoms with Crippen molar-refractivity contribution in [1.82, 2.24) is 0 Å². The summed E-state index contributed by atoms with van der Waals surface area (Å²) in [5, 5.41) is 19.4. The van der Waals surface area contributed by atoms with E-state index in [9.17, 15) is 10.2 Å². The third-order valence-electron chi connectivity index (χ3n) is 2.67. The summed E-state index contributed by atoms with van der Waals surface area (Å²) in [4.78, 5) is 0. The molecule has 15 heavy (non-hydrogen) atoms. The van der Waals surface area contributed by atoms with Crippen molar-refractivity contribution < 1.29 is 10.2 Å². The minimum absolute atomic E-state index is 0.211. The second-order valence-electron chi connectivity index (χ2n) is 3.76. The van der Waals surface area contributed by atoms with Gasteiger partial charge in [0.25, 0.3) is 0 Å². The number of rotatable bonds is 2. The molecule has 78 valence electrons. The lowest BCUT2D eigenvalue weighted by atomic mass is 9.89. The largest absolute Gasteiger partial charge is 0.512 e. The van der Waals surface area contributed by atoms with E-state index in [-0.39, 0.29) is 11.7 Å². The fraction of sp³-hybridized carbons (Fsp3) is 0.231. The Balaban J connectivity index is 2.12. The first-order chi connectivity index (χ1) is 7.27. The number of benzene rings is 1. The van der Waals surface area contributed by atoms with Crippen LogP contribution in [-0.4, -0.2) is 16.3 Å². The fourth-order valence-electron chi connectivity index (χ4n) is 1.79. The van der Waals surface area contributed by atoms with E-state index in [1.807, 2.05) is 30.3 Å². The van der Waals surface area contributed by atoms with Gasteiger partial charge in [-0.15, -0.1) is 0 Å². The zero-order valence-electron chi connectivity index (χ0n) is 8.38. The Morgan fingerprint density at radius 2 is 1.87 bits per heavy atom. The predicted molar refractivity (Wildman–Crippen MR) is 59.5 cm³/mol. The van der Waals surface area contributed by atoms with Gasteiger partial charge in [0.15, 0.2) is 0 Å². The molecule has 0 spiro atoms. The van der Waals surface area contributed by atoms with E-state index >= 15 is 0 Å². The second kappa shape index (κ2) is 4.32. The molecule has 1 aromatic rings. The number of hydrogen-bond acceptors (Lipinski definition) is 2. The van der Waals surface area contributed by atoms with Crippen LogP contribution in [0.3, 0.4) is 0 Å². The molecule has 1 aliphatic carbocycles. The first kappa shape index (κ1) is 9.99. The summed E-state index contributed by atoms with van der Waals surface area (Å²) in [6.45, 7) is 0. The van der Waals surface area contributed by atoms with Crippen molar-refractivity contribution in [2.24, 2.45) is 5.92 Å². The monoisotopic (exact) mass is 202 g/mol. The van der Waals surface area contributed by atoms with Gasteiger partial charge in [-0.05, 0) is 18.1 Å². The Morgan fingerprint density at radius 1 is 1.13 bits per heavy atom. The maximum atomic E-state index is 9.71. The van der Waals surface area contributed by atoms with E-state index < -0.39 is 6.10 Å². The van der Waals surface area contributed by atoms with Crippen molar-refractivity contribution in [2.75, 3.05) is 0 Å². The van der Waals surface area contributed by atoms with Gasteiger partial charge in [0, 0.05) is 5.92 Å². The molecule has 2 N–H and O–H groups in total. The molecular formula is C13H14O2. The molecule has 1 aromatic carbocycles. The van der Waals surface area contributed by atoms with E-state index in [2.05, 4.69) is 0 Å². The molecule has 2 nitrogen and oxygen atoms in total. The Kier molecular flexibility index (Phi) is 2.88. The molecule has 2 heteroatoms. The molecule has 0 heterocycles. The summed E-state index contributed by atoms with van der Waals surface area (Å²) < 4.78 is 0. The fourth-order valence-corrected chi connectivity index (χ4v) is 1.79. The van der Waals surface area contributed by atoms with Crippen LogP contribution in [0.25, 0.3) is 0 Å².